The number of ether oxygens (including phenoxy) is 1. The molecule has 0 atom stereocenters. The summed E-state index contributed by atoms with van der Waals surface area (Å²) in [7, 11) is 0. The van der Waals surface area contributed by atoms with E-state index in [1.165, 1.54) is 5.56 Å². The number of benzene rings is 1. The van der Waals surface area contributed by atoms with Crippen LogP contribution >= 0.6 is 0 Å². The molecule has 126 valence electrons. The zero-order chi connectivity index (χ0) is 16.6. The van der Waals surface area contributed by atoms with Crippen molar-refractivity contribution in [2.75, 3.05) is 6.61 Å². The second-order valence-electron chi connectivity index (χ2n) is 6.69. The van der Waals surface area contributed by atoms with Gasteiger partial charge in [0.1, 0.15) is 11.3 Å². The molecule has 1 aliphatic heterocycles. The van der Waals surface area contributed by atoms with Gasteiger partial charge in [-0.25, -0.2) is 0 Å². The van der Waals surface area contributed by atoms with E-state index in [0.29, 0.717) is 18.1 Å². The summed E-state index contributed by atoms with van der Waals surface area (Å²) in [5.41, 5.74) is 1.72. The van der Waals surface area contributed by atoms with Gasteiger partial charge in [-0.1, -0.05) is 30.1 Å². The molecule has 1 aliphatic carbocycles. The van der Waals surface area contributed by atoms with E-state index in [1.54, 1.807) is 6.92 Å². The highest BCUT2D eigenvalue weighted by molar-refractivity contribution is 5.79. The quantitative estimate of drug-likeness (QED) is 0.933. The summed E-state index contributed by atoms with van der Waals surface area (Å²) in [5, 5.41) is 7.24. The number of carbonyl (C=O) groups excluding carboxylic acids is 1. The summed E-state index contributed by atoms with van der Waals surface area (Å²) in [5.74, 6) is 2.07. The third-order valence-corrected chi connectivity index (χ3v) is 4.91. The van der Waals surface area contributed by atoms with Crippen molar-refractivity contribution in [2.24, 2.45) is 0 Å². The molecule has 0 unspecified atom stereocenters. The molecule has 0 radical (unpaired) electrons. The predicted molar refractivity (Wildman–Crippen MR) is 86.7 cm³/mol. The lowest BCUT2D eigenvalue weighted by molar-refractivity contribution is -0.122. The Morgan fingerprint density at radius 2 is 2.17 bits per heavy atom. The molecule has 6 heteroatoms. The first-order valence-corrected chi connectivity index (χ1v) is 8.51. The molecule has 0 bridgehead atoms. The summed E-state index contributed by atoms with van der Waals surface area (Å²) in [4.78, 5) is 17.0. The Balaban J connectivity index is 1.50. The molecule has 1 amide bonds. The summed E-state index contributed by atoms with van der Waals surface area (Å²) in [6.45, 7) is 2.50. The van der Waals surface area contributed by atoms with Crippen LogP contribution in [0.3, 0.4) is 0 Å². The van der Waals surface area contributed by atoms with Crippen LogP contribution in [0.2, 0.25) is 0 Å². The molecule has 1 saturated carbocycles. The Labute approximate surface area is 140 Å². The number of fused-ring (bicyclic) bond motifs is 1. The second kappa shape index (κ2) is 5.92. The molecule has 4 rings (SSSR count). The minimum atomic E-state index is -0.477. The molecule has 1 aromatic heterocycles. The Hall–Kier alpha value is -2.37. The van der Waals surface area contributed by atoms with Crippen LogP contribution in [0.15, 0.2) is 22.7 Å². The van der Waals surface area contributed by atoms with Gasteiger partial charge in [0.15, 0.2) is 5.82 Å². The fourth-order valence-electron chi connectivity index (χ4n) is 3.72. The SMILES string of the molecule is Cc1nc(C2(NC(=O)Cc3ccc4c(c3)CCO4)CCCC2)no1. The van der Waals surface area contributed by atoms with Crippen molar-refractivity contribution in [1.29, 1.82) is 0 Å². The number of nitrogens with zero attached hydrogens (tertiary/aromatic N) is 2. The van der Waals surface area contributed by atoms with Gasteiger partial charge in [-0.15, -0.1) is 0 Å². The van der Waals surface area contributed by atoms with E-state index in [9.17, 15) is 4.79 Å². The van der Waals surface area contributed by atoms with Crippen molar-refractivity contribution in [3.05, 3.63) is 41.0 Å². The minimum Gasteiger partial charge on any atom is -0.493 e. The topological polar surface area (TPSA) is 77.2 Å². The normalized spacial score (nSPS) is 18.2. The van der Waals surface area contributed by atoms with Gasteiger partial charge in [0.05, 0.1) is 13.0 Å². The Kier molecular flexibility index (Phi) is 3.75. The van der Waals surface area contributed by atoms with Crippen LogP contribution in [0.4, 0.5) is 0 Å². The van der Waals surface area contributed by atoms with Crippen LogP contribution in [0.25, 0.3) is 0 Å². The van der Waals surface area contributed by atoms with E-state index in [0.717, 1.165) is 50.0 Å². The van der Waals surface area contributed by atoms with Crippen molar-refractivity contribution in [2.45, 2.75) is 51.0 Å². The highest BCUT2D eigenvalue weighted by Crippen LogP contribution is 2.37. The maximum absolute atomic E-state index is 12.6. The van der Waals surface area contributed by atoms with Crippen molar-refractivity contribution in [3.63, 3.8) is 0 Å². The Bertz CT molecular complexity index is 763. The van der Waals surface area contributed by atoms with Crippen LogP contribution in [0.1, 0.15) is 48.5 Å². The maximum atomic E-state index is 12.6. The van der Waals surface area contributed by atoms with E-state index in [-0.39, 0.29) is 5.91 Å². The number of aromatic nitrogens is 2. The van der Waals surface area contributed by atoms with Crippen LogP contribution in [0.5, 0.6) is 5.75 Å². The van der Waals surface area contributed by atoms with Gasteiger partial charge < -0.3 is 14.6 Å². The fraction of sp³-hybridized carbons (Fsp3) is 0.500. The summed E-state index contributed by atoms with van der Waals surface area (Å²) in [6, 6.07) is 5.99. The van der Waals surface area contributed by atoms with E-state index in [1.807, 2.05) is 12.1 Å². The fourth-order valence-corrected chi connectivity index (χ4v) is 3.72. The molecule has 1 aromatic carbocycles. The van der Waals surface area contributed by atoms with Gasteiger partial charge in [0, 0.05) is 13.3 Å². The zero-order valence-electron chi connectivity index (χ0n) is 13.8. The van der Waals surface area contributed by atoms with Crippen LogP contribution in [-0.2, 0) is 23.2 Å². The summed E-state index contributed by atoms with van der Waals surface area (Å²) in [6.07, 6.45) is 5.10. The number of rotatable bonds is 4. The molecule has 0 spiro atoms. The van der Waals surface area contributed by atoms with E-state index >= 15 is 0 Å². The molecule has 1 N–H and O–H groups in total. The van der Waals surface area contributed by atoms with E-state index in [2.05, 4.69) is 21.5 Å². The molecular weight excluding hydrogens is 306 g/mol. The average Bonchev–Trinajstić information content (AvgIpc) is 3.27. The lowest BCUT2D eigenvalue weighted by Gasteiger charge is -2.26. The number of carbonyl (C=O) groups is 1. The molecule has 24 heavy (non-hydrogen) atoms. The van der Waals surface area contributed by atoms with Gasteiger partial charge >= 0.3 is 0 Å². The predicted octanol–water partition coefficient (Wildman–Crippen LogP) is 2.44. The second-order valence-corrected chi connectivity index (χ2v) is 6.69. The first-order chi connectivity index (χ1) is 11.6. The van der Waals surface area contributed by atoms with Crippen LogP contribution < -0.4 is 10.1 Å². The van der Waals surface area contributed by atoms with Gasteiger partial charge in [-0.05, 0) is 30.0 Å². The van der Waals surface area contributed by atoms with Gasteiger partial charge in [-0.2, -0.15) is 4.98 Å². The molecule has 6 nitrogen and oxygen atoms in total. The summed E-state index contributed by atoms with van der Waals surface area (Å²) < 4.78 is 10.6. The molecule has 2 heterocycles. The Morgan fingerprint density at radius 3 is 2.92 bits per heavy atom. The monoisotopic (exact) mass is 327 g/mol. The average molecular weight is 327 g/mol. The number of aryl methyl sites for hydroxylation is 1. The summed E-state index contributed by atoms with van der Waals surface area (Å²) >= 11 is 0. The maximum Gasteiger partial charge on any atom is 0.225 e. The van der Waals surface area contributed by atoms with E-state index in [4.69, 9.17) is 9.26 Å². The number of hydrogen-bond acceptors (Lipinski definition) is 5. The lowest BCUT2D eigenvalue weighted by atomic mass is 9.95. The first kappa shape index (κ1) is 15.2. The van der Waals surface area contributed by atoms with Crippen LogP contribution in [0, 0.1) is 6.92 Å². The lowest BCUT2D eigenvalue weighted by Crippen LogP contribution is -2.45. The van der Waals surface area contributed by atoms with Gasteiger partial charge in [0.25, 0.3) is 0 Å². The molecule has 1 fully saturated rings. The Morgan fingerprint density at radius 1 is 1.33 bits per heavy atom. The molecular formula is C18H21N3O3. The zero-order valence-corrected chi connectivity index (χ0v) is 13.8. The smallest absolute Gasteiger partial charge is 0.225 e. The third kappa shape index (κ3) is 2.77. The van der Waals surface area contributed by atoms with Crippen molar-refractivity contribution < 1.29 is 14.1 Å². The highest BCUT2D eigenvalue weighted by Gasteiger charge is 2.41. The highest BCUT2D eigenvalue weighted by atomic mass is 16.5. The van der Waals surface area contributed by atoms with Gasteiger partial charge in [0.2, 0.25) is 11.8 Å². The largest absolute Gasteiger partial charge is 0.493 e. The third-order valence-electron chi connectivity index (χ3n) is 4.91. The number of amides is 1. The van der Waals surface area contributed by atoms with Crippen LogP contribution in [-0.4, -0.2) is 22.7 Å². The van der Waals surface area contributed by atoms with Crippen molar-refractivity contribution >= 4 is 5.91 Å². The minimum absolute atomic E-state index is 0.00165. The molecule has 2 aromatic rings. The van der Waals surface area contributed by atoms with Crippen molar-refractivity contribution in [3.8, 4) is 5.75 Å². The standard InChI is InChI=1S/C18H21N3O3/c1-12-19-17(21-24-12)18(7-2-3-8-18)20-16(22)11-13-4-5-15-14(10-13)6-9-23-15/h4-5,10H,2-3,6-9,11H2,1H3,(H,20,22). The van der Waals surface area contributed by atoms with Crippen molar-refractivity contribution in [1.82, 2.24) is 15.5 Å². The molecule has 0 saturated heterocycles. The van der Waals surface area contributed by atoms with E-state index < -0.39 is 5.54 Å². The number of hydrogen-bond donors (Lipinski definition) is 1. The number of nitrogens with one attached hydrogen (secondary N) is 1. The first-order valence-electron chi connectivity index (χ1n) is 8.51. The molecule has 2 aliphatic rings. The van der Waals surface area contributed by atoms with Gasteiger partial charge in [-0.3, -0.25) is 4.79 Å².